The second kappa shape index (κ2) is 12.6. The Labute approximate surface area is 232 Å². The second-order valence-corrected chi connectivity index (χ2v) is 11.4. The average Bonchev–Trinajstić information content (AvgIpc) is 2.78. The van der Waals surface area contributed by atoms with Gasteiger partial charge in [0, 0.05) is 13.8 Å². The van der Waals surface area contributed by atoms with Crippen LogP contribution < -0.4 is 21.9 Å². The molecular weight excluding hydrogens is 459 g/mol. The van der Waals surface area contributed by atoms with E-state index in [-0.39, 0.29) is 0 Å². The summed E-state index contributed by atoms with van der Waals surface area (Å²) in [5, 5.41) is 0. The van der Waals surface area contributed by atoms with Gasteiger partial charge in [-0.15, -0.1) is 0 Å². The van der Waals surface area contributed by atoms with Crippen LogP contribution in [0.3, 0.4) is 0 Å². The molecule has 0 bridgehead atoms. The summed E-state index contributed by atoms with van der Waals surface area (Å²) in [5.74, 6) is 0. The van der Waals surface area contributed by atoms with E-state index >= 15 is 0 Å². The fraction of sp³-hybridized carbons (Fsp3) is 0.333. The van der Waals surface area contributed by atoms with Gasteiger partial charge in [-0.25, -0.2) is 0 Å². The maximum atomic E-state index is 3.97. The summed E-state index contributed by atoms with van der Waals surface area (Å²) in [6, 6.07) is 28.5. The first-order chi connectivity index (χ1) is 18.0. The van der Waals surface area contributed by atoms with E-state index in [0.29, 0.717) is 0 Å². The molecule has 0 unspecified atom stereocenters. The van der Waals surface area contributed by atoms with E-state index in [0.717, 1.165) is 13.2 Å². The highest BCUT2D eigenvalue weighted by molar-refractivity contribution is 7.20. The Morgan fingerprint density at radius 2 is 0.553 bits per heavy atom. The van der Waals surface area contributed by atoms with Gasteiger partial charge in [0.2, 0.25) is 0 Å². The van der Waals surface area contributed by atoms with Crippen molar-refractivity contribution in [1.82, 2.24) is 0 Å². The fourth-order valence-corrected chi connectivity index (χ4v) is 6.42. The van der Waals surface area contributed by atoms with Crippen LogP contribution in [0.25, 0.3) is 0 Å². The summed E-state index contributed by atoms with van der Waals surface area (Å²) < 4.78 is 3.97. The third kappa shape index (κ3) is 6.66. The molecule has 0 amide bonds. The van der Waals surface area contributed by atoms with Gasteiger partial charge in [-0.3, -0.25) is 0 Å². The van der Waals surface area contributed by atoms with Crippen molar-refractivity contribution in [3.8, 4) is 0 Å². The zero-order valence-corrected chi connectivity index (χ0v) is 25.4. The van der Waals surface area contributed by atoms with Gasteiger partial charge in [0.25, 0.3) is 0 Å². The summed E-state index contributed by atoms with van der Waals surface area (Å²) in [5.41, 5.74) is 16.1. The van der Waals surface area contributed by atoms with Gasteiger partial charge >= 0.3 is 0 Å². The minimum Gasteiger partial charge on any atom is -0.434 e. The van der Waals surface area contributed by atoms with Crippen LogP contribution in [-0.2, 0) is 0 Å². The lowest BCUT2D eigenvalue weighted by molar-refractivity contribution is -0.0178. The molecule has 0 fully saturated rings. The average molecular weight is 507 g/mol. The first kappa shape index (κ1) is 29.5. The van der Waals surface area contributed by atoms with Crippen molar-refractivity contribution >= 4 is 28.0 Å². The highest BCUT2D eigenvalue weighted by Gasteiger charge is 2.33. The topological polar surface area (TPSA) is 12.8 Å². The number of ether oxygens (including phenoxy) is 1. The molecule has 0 aliphatic heterocycles. The molecule has 4 rings (SSSR count). The van der Waals surface area contributed by atoms with Gasteiger partial charge in [0.05, 0.1) is 0 Å². The van der Waals surface area contributed by atoms with E-state index in [1.807, 2.05) is 13.8 Å². The van der Waals surface area contributed by atoms with Crippen molar-refractivity contribution in [1.29, 1.82) is 0 Å². The quantitative estimate of drug-likeness (QED) is 0.222. The van der Waals surface area contributed by atoms with Crippen molar-refractivity contribution in [3.05, 3.63) is 117 Å². The standard InChI is InChI=1S/C32H36B.C4H10O/c1-21-9-22(2)14-29(13-21)33(30-15-23(3)10-24(4)16-30,31-17-25(5)11-26(6)18-31)32-19-27(7)12-28(8)20-32;1-3-5-4-2/h9-20H,1-8H3;3-4H2,1-2H3/q-1;/p+1. The summed E-state index contributed by atoms with van der Waals surface area (Å²) >= 11 is 0. The molecule has 0 atom stereocenters. The molecule has 4 aromatic carbocycles. The molecule has 4 aromatic rings. The van der Waals surface area contributed by atoms with E-state index in [4.69, 9.17) is 0 Å². The van der Waals surface area contributed by atoms with Crippen molar-refractivity contribution in [2.75, 3.05) is 13.2 Å². The molecule has 0 aliphatic rings. The van der Waals surface area contributed by atoms with Crippen molar-refractivity contribution in [2.45, 2.75) is 69.2 Å². The van der Waals surface area contributed by atoms with Crippen LogP contribution >= 0.6 is 0 Å². The van der Waals surface area contributed by atoms with Crippen LogP contribution in [0.5, 0.6) is 0 Å². The normalized spacial score (nSPS) is 11.2. The number of aryl methyl sites for hydroxylation is 8. The number of aliphatic hydroxyl groups is 2. The predicted molar refractivity (Wildman–Crippen MR) is 171 cm³/mol. The Morgan fingerprint density at radius 3 is 0.684 bits per heavy atom. The fourth-order valence-electron chi connectivity index (χ4n) is 6.42. The van der Waals surface area contributed by atoms with Gasteiger partial charge in [-0.05, 0) is 55.4 Å². The molecule has 0 heterocycles. The minimum absolute atomic E-state index is 0.969. The van der Waals surface area contributed by atoms with Gasteiger partial charge in [-0.1, -0.05) is 117 Å². The number of hydrogen-bond donors (Lipinski definition) is 0. The van der Waals surface area contributed by atoms with E-state index in [9.17, 15) is 0 Å². The first-order valence-electron chi connectivity index (χ1n) is 14.1. The SMILES string of the molecule is CC[OH+]CC.Cc1cc(C)cc([B-](c2cc(C)cc(C)c2)(c2cc(C)cc(C)c2)c2cc(C)cc(C)c2)c1. The second-order valence-electron chi connectivity index (χ2n) is 11.4. The van der Waals surface area contributed by atoms with Gasteiger partial charge in [0.1, 0.15) is 19.4 Å². The van der Waals surface area contributed by atoms with Crippen molar-refractivity contribution < 1.29 is 4.74 Å². The van der Waals surface area contributed by atoms with Gasteiger partial charge in [-0.2, -0.15) is 21.9 Å². The molecule has 0 spiro atoms. The Hall–Kier alpha value is -3.10. The minimum atomic E-state index is -1.37. The van der Waals surface area contributed by atoms with E-state index < -0.39 is 6.15 Å². The molecule has 0 aliphatic carbocycles. The monoisotopic (exact) mass is 506 g/mol. The third-order valence-corrected chi connectivity index (χ3v) is 7.42. The molecular formula is C36H47BO. The van der Waals surface area contributed by atoms with Crippen LogP contribution in [-0.4, -0.2) is 24.1 Å². The van der Waals surface area contributed by atoms with E-state index in [1.54, 1.807) is 0 Å². The Kier molecular flexibility index (Phi) is 9.79. The third-order valence-electron chi connectivity index (χ3n) is 7.42. The van der Waals surface area contributed by atoms with Crippen molar-refractivity contribution in [3.63, 3.8) is 0 Å². The summed E-state index contributed by atoms with van der Waals surface area (Å²) in [4.78, 5) is 0. The largest absolute Gasteiger partial charge is 0.434 e. The van der Waals surface area contributed by atoms with Gasteiger partial charge in [0.15, 0.2) is 0 Å². The summed E-state index contributed by atoms with van der Waals surface area (Å²) in [6.07, 6.45) is -1.37. The Balaban J connectivity index is 0.000000732. The van der Waals surface area contributed by atoms with Crippen molar-refractivity contribution in [2.24, 2.45) is 0 Å². The van der Waals surface area contributed by atoms with Crippen LogP contribution in [0.4, 0.5) is 0 Å². The maximum Gasteiger partial charge on any atom is 0.141 e. The van der Waals surface area contributed by atoms with Crippen LogP contribution in [0.2, 0.25) is 0 Å². The summed E-state index contributed by atoms with van der Waals surface area (Å²) in [7, 11) is 0. The lowest BCUT2D eigenvalue weighted by atomic mass is 9.12. The highest BCUT2D eigenvalue weighted by atomic mass is 16.5. The number of rotatable bonds is 6. The molecule has 200 valence electrons. The molecule has 1 nitrogen and oxygen atoms in total. The lowest BCUT2D eigenvalue weighted by Gasteiger charge is -2.46. The predicted octanol–water partition coefficient (Wildman–Crippen LogP) is 6.09. The highest BCUT2D eigenvalue weighted by Crippen LogP contribution is 2.17. The van der Waals surface area contributed by atoms with Gasteiger partial charge < -0.3 is 4.74 Å². The molecule has 0 radical (unpaired) electrons. The van der Waals surface area contributed by atoms with Crippen LogP contribution in [0.15, 0.2) is 72.8 Å². The molecule has 2 heteroatoms. The molecule has 38 heavy (non-hydrogen) atoms. The van der Waals surface area contributed by atoms with E-state index in [1.165, 1.54) is 66.4 Å². The Bertz CT molecular complexity index is 1100. The molecule has 0 saturated heterocycles. The van der Waals surface area contributed by atoms with Crippen LogP contribution in [0, 0.1) is 55.4 Å². The lowest BCUT2D eigenvalue weighted by Crippen LogP contribution is -2.75. The smallest absolute Gasteiger partial charge is 0.141 e. The Morgan fingerprint density at radius 1 is 0.368 bits per heavy atom. The molecule has 1 N–H and O–H groups in total. The van der Waals surface area contributed by atoms with E-state index in [2.05, 4.69) is 133 Å². The zero-order chi connectivity index (χ0) is 28.0. The zero-order valence-electron chi connectivity index (χ0n) is 25.4. The summed E-state index contributed by atoms with van der Waals surface area (Å²) in [6.45, 7) is 23.8. The number of benzene rings is 4. The van der Waals surface area contributed by atoms with Crippen LogP contribution in [0.1, 0.15) is 58.4 Å². The molecule has 0 saturated carbocycles. The number of hydrogen-bond acceptors (Lipinski definition) is 0. The maximum absolute atomic E-state index is 3.97. The first-order valence-corrected chi connectivity index (χ1v) is 14.1. The molecule has 0 aromatic heterocycles.